The van der Waals surface area contributed by atoms with Crippen molar-refractivity contribution >= 4 is 18.8 Å². The van der Waals surface area contributed by atoms with Crippen molar-refractivity contribution < 1.29 is 4.79 Å². The highest BCUT2D eigenvalue weighted by Crippen LogP contribution is 2.32. The number of carbonyl (C=O) groups excluding carboxylic acids is 1. The first-order valence-electron chi connectivity index (χ1n) is 7.27. The van der Waals surface area contributed by atoms with Gasteiger partial charge in [-0.05, 0) is 18.4 Å². The predicted octanol–water partition coefficient (Wildman–Crippen LogP) is -0.150. The molecule has 1 aromatic heterocycles. The van der Waals surface area contributed by atoms with Crippen LogP contribution < -0.4 is 11.0 Å². The summed E-state index contributed by atoms with van der Waals surface area (Å²) in [5.41, 5.74) is 3.35. The van der Waals surface area contributed by atoms with Gasteiger partial charge in [0, 0.05) is 38.9 Å². The van der Waals surface area contributed by atoms with Crippen LogP contribution in [-0.2, 0) is 13.5 Å². The summed E-state index contributed by atoms with van der Waals surface area (Å²) in [7, 11) is 4.56. The normalized spacial score (nSPS) is 21.6. The molecule has 0 N–H and O–H groups in total. The van der Waals surface area contributed by atoms with Crippen LogP contribution in [0, 0.1) is 0 Å². The third-order valence-corrected chi connectivity index (χ3v) is 4.62. The Morgan fingerprint density at radius 2 is 2.00 bits per heavy atom. The lowest BCUT2D eigenvalue weighted by Crippen LogP contribution is -2.54. The van der Waals surface area contributed by atoms with Crippen LogP contribution in [0.4, 0.5) is 4.79 Å². The van der Waals surface area contributed by atoms with Gasteiger partial charge in [0.1, 0.15) is 0 Å². The van der Waals surface area contributed by atoms with Gasteiger partial charge in [0.15, 0.2) is 7.28 Å². The van der Waals surface area contributed by atoms with Gasteiger partial charge in [0.25, 0.3) is 5.56 Å². The van der Waals surface area contributed by atoms with E-state index in [9.17, 15) is 9.59 Å². The average Bonchev–Trinajstić information content (AvgIpc) is 2.45. The van der Waals surface area contributed by atoms with Crippen LogP contribution >= 0.6 is 0 Å². The van der Waals surface area contributed by atoms with E-state index >= 15 is 0 Å². The molecule has 6 heteroatoms. The molecule has 1 fully saturated rings. The van der Waals surface area contributed by atoms with Crippen LogP contribution in [0.2, 0.25) is 6.82 Å². The van der Waals surface area contributed by atoms with E-state index in [2.05, 4.69) is 6.82 Å². The molecular weight excluding hydrogens is 253 g/mol. The van der Waals surface area contributed by atoms with E-state index in [1.165, 1.54) is 11.0 Å². The van der Waals surface area contributed by atoms with Gasteiger partial charge >= 0.3 is 6.03 Å². The van der Waals surface area contributed by atoms with Gasteiger partial charge in [-0.3, -0.25) is 4.79 Å². The van der Waals surface area contributed by atoms with Crippen molar-refractivity contribution in [3.05, 3.63) is 27.7 Å². The monoisotopic (exact) mass is 273 g/mol. The third kappa shape index (κ3) is 1.78. The van der Waals surface area contributed by atoms with E-state index < -0.39 is 0 Å². The maximum Gasteiger partial charge on any atom is 0.320 e. The zero-order valence-electron chi connectivity index (χ0n) is 12.3. The van der Waals surface area contributed by atoms with Crippen molar-refractivity contribution in [3.8, 4) is 0 Å². The first-order valence-corrected chi connectivity index (χ1v) is 7.27. The fourth-order valence-electron chi connectivity index (χ4n) is 3.51. The number of amides is 2. The second-order valence-corrected chi connectivity index (χ2v) is 5.77. The molecule has 1 saturated heterocycles. The largest absolute Gasteiger partial charge is 0.328 e. The number of pyridine rings is 1. The Morgan fingerprint density at radius 1 is 1.25 bits per heavy atom. The highest BCUT2D eigenvalue weighted by molar-refractivity contribution is 6.52. The molecule has 20 heavy (non-hydrogen) atoms. The highest BCUT2D eigenvalue weighted by atomic mass is 16.2. The summed E-state index contributed by atoms with van der Waals surface area (Å²) in [5, 5.41) is 0. The topological polar surface area (TPSA) is 45.6 Å². The number of rotatable bonds is 1. The van der Waals surface area contributed by atoms with E-state index in [0.717, 1.165) is 38.8 Å². The molecule has 1 aromatic rings. The van der Waals surface area contributed by atoms with Gasteiger partial charge in [0.05, 0.1) is 6.04 Å². The standard InChI is InChI=1S/C14H20BN3O2/c1-15-10-8-17(3)13(19)12-9(10)4-7-18-11(12)5-6-16(2)14(18)20/h8,11,15H,4-7H2,1-3H3. The smallest absolute Gasteiger partial charge is 0.320 e. The van der Waals surface area contributed by atoms with Crippen LogP contribution in [0.3, 0.4) is 0 Å². The Labute approximate surface area is 119 Å². The maximum absolute atomic E-state index is 12.5. The van der Waals surface area contributed by atoms with Crippen molar-refractivity contribution in [1.29, 1.82) is 0 Å². The zero-order valence-corrected chi connectivity index (χ0v) is 12.3. The number of carbonyl (C=O) groups is 1. The molecule has 0 spiro atoms. The van der Waals surface area contributed by atoms with Crippen molar-refractivity contribution in [2.75, 3.05) is 20.1 Å². The summed E-state index contributed by atoms with van der Waals surface area (Å²) in [6.45, 7) is 3.56. The Kier molecular flexibility index (Phi) is 3.11. The molecular formula is C14H20BN3O2. The van der Waals surface area contributed by atoms with Crippen molar-refractivity contribution in [3.63, 3.8) is 0 Å². The SMILES string of the molecule is CBc1cn(C)c(=O)c2c1CCN1C(=O)N(C)CCC21. The molecule has 1 unspecified atom stereocenters. The van der Waals surface area contributed by atoms with Gasteiger partial charge < -0.3 is 14.4 Å². The van der Waals surface area contributed by atoms with Crippen LogP contribution in [0.1, 0.15) is 23.6 Å². The second kappa shape index (κ2) is 4.68. The van der Waals surface area contributed by atoms with Gasteiger partial charge in [0.2, 0.25) is 0 Å². The summed E-state index contributed by atoms with van der Waals surface area (Å²) in [5.74, 6) is 0. The van der Waals surface area contributed by atoms with E-state index in [1.54, 1.807) is 16.5 Å². The Hall–Kier alpha value is -1.72. The molecule has 1 atom stereocenters. The van der Waals surface area contributed by atoms with Gasteiger partial charge in [-0.25, -0.2) is 4.79 Å². The van der Waals surface area contributed by atoms with E-state index in [1.807, 2.05) is 18.1 Å². The average molecular weight is 273 g/mol. The Balaban J connectivity index is 2.15. The van der Waals surface area contributed by atoms with Crippen molar-refractivity contribution in [2.24, 2.45) is 7.05 Å². The minimum Gasteiger partial charge on any atom is -0.328 e. The minimum absolute atomic E-state index is 0.0346. The molecule has 2 aliphatic rings. The van der Waals surface area contributed by atoms with Crippen LogP contribution in [0.25, 0.3) is 0 Å². The van der Waals surface area contributed by atoms with Crippen LogP contribution in [0.5, 0.6) is 0 Å². The quantitative estimate of drug-likeness (QED) is 0.668. The summed E-state index contributed by atoms with van der Waals surface area (Å²) in [6, 6.07) is 0.0171. The lowest BCUT2D eigenvalue weighted by molar-refractivity contribution is 0.103. The summed E-state index contributed by atoms with van der Waals surface area (Å²) < 4.78 is 1.67. The van der Waals surface area contributed by atoms with Crippen molar-refractivity contribution in [1.82, 2.24) is 14.4 Å². The summed E-state index contributed by atoms with van der Waals surface area (Å²) in [4.78, 5) is 28.4. The zero-order chi connectivity index (χ0) is 14.4. The van der Waals surface area contributed by atoms with Gasteiger partial charge in [-0.15, -0.1) is 0 Å². The molecule has 3 heterocycles. The minimum atomic E-state index is -0.0346. The molecule has 2 aliphatic heterocycles. The molecule has 106 valence electrons. The highest BCUT2D eigenvalue weighted by Gasteiger charge is 2.38. The third-order valence-electron chi connectivity index (χ3n) is 4.62. The van der Waals surface area contributed by atoms with E-state index in [0.29, 0.717) is 0 Å². The second-order valence-electron chi connectivity index (χ2n) is 5.77. The molecule has 0 bridgehead atoms. The van der Waals surface area contributed by atoms with Crippen molar-refractivity contribution in [2.45, 2.75) is 25.7 Å². The van der Waals surface area contributed by atoms with E-state index in [4.69, 9.17) is 0 Å². The van der Waals surface area contributed by atoms with Crippen LogP contribution in [0.15, 0.2) is 11.0 Å². The van der Waals surface area contributed by atoms with Gasteiger partial charge in [-0.1, -0.05) is 12.3 Å². The molecule has 0 saturated carbocycles. The first kappa shape index (κ1) is 13.3. The number of aryl methyl sites for hydroxylation is 1. The summed E-state index contributed by atoms with van der Waals surface area (Å²) >= 11 is 0. The van der Waals surface area contributed by atoms with Crippen LogP contribution in [-0.4, -0.2) is 47.8 Å². The lowest BCUT2D eigenvalue weighted by Gasteiger charge is -2.43. The fourth-order valence-corrected chi connectivity index (χ4v) is 3.51. The maximum atomic E-state index is 12.5. The number of hydrogen-bond donors (Lipinski definition) is 0. The molecule has 3 rings (SSSR count). The Morgan fingerprint density at radius 3 is 2.70 bits per heavy atom. The van der Waals surface area contributed by atoms with E-state index in [-0.39, 0.29) is 17.6 Å². The molecule has 5 nitrogen and oxygen atoms in total. The number of aromatic nitrogens is 1. The number of nitrogens with zero attached hydrogens (tertiary/aromatic N) is 3. The molecule has 0 aromatic carbocycles. The molecule has 2 amide bonds. The summed E-state index contributed by atoms with van der Waals surface area (Å²) in [6.07, 6.45) is 3.59. The first-order chi connectivity index (χ1) is 9.54. The molecule has 0 radical (unpaired) electrons. The fraction of sp³-hybridized carbons (Fsp3) is 0.571. The number of fused-ring (bicyclic) bond motifs is 3. The van der Waals surface area contributed by atoms with Gasteiger partial charge in [-0.2, -0.15) is 0 Å². The number of urea groups is 1. The Bertz CT molecular complexity index is 626. The predicted molar refractivity (Wildman–Crippen MR) is 80.1 cm³/mol. The lowest BCUT2D eigenvalue weighted by atomic mass is 9.69. The molecule has 0 aliphatic carbocycles. The number of hydrogen-bond acceptors (Lipinski definition) is 2.